The second-order valence-corrected chi connectivity index (χ2v) is 10.2. The molecule has 0 radical (unpaired) electrons. The van der Waals surface area contributed by atoms with Crippen LogP contribution < -0.4 is 10.5 Å². The first kappa shape index (κ1) is 26.5. The minimum atomic E-state index is -2.15. The fourth-order valence-electron chi connectivity index (χ4n) is 5.86. The highest BCUT2D eigenvalue weighted by Crippen LogP contribution is 2.52. The van der Waals surface area contributed by atoms with E-state index in [0.717, 1.165) is 0 Å². The van der Waals surface area contributed by atoms with E-state index in [2.05, 4.69) is 0 Å². The molecule has 38 heavy (non-hydrogen) atoms. The summed E-state index contributed by atoms with van der Waals surface area (Å²) in [5.74, 6) is -1.78. The molecule has 1 fully saturated rings. The quantitative estimate of drug-likeness (QED) is 0.250. The Morgan fingerprint density at radius 3 is 2.61 bits per heavy atom. The van der Waals surface area contributed by atoms with E-state index >= 15 is 0 Å². The molecule has 1 aliphatic heterocycles. The van der Waals surface area contributed by atoms with Crippen molar-refractivity contribution in [3.05, 3.63) is 51.6 Å². The highest BCUT2D eigenvalue weighted by molar-refractivity contribution is 6.15. The fourth-order valence-corrected chi connectivity index (χ4v) is 5.86. The van der Waals surface area contributed by atoms with Crippen molar-refractivity contribution >= 4 is 11.6 Å². The van der Waals surface area contributed by atoms with Gasteiger partial charge in [0.25, 0.3) is 0 Å². The molecule has 2 aliphatic carbocycles. The van der Waals surface area contributed by atoms with Crippen LogP contribution in [0.5, 0.6) is 17.2 Å². The van der Waals surface area contributed by atoms with E-state index in [4.69, 9.17) is 19.9 Å². The lowest BCUT2D eigenvalue weighted by Crippen LogP contribution is -2.53. The first-order chi connectivity index (χ1) is 18.0. The SMILES string of the molecule is COc1cccc2c1Cc1c(O)c3c(c(O)c1C2=O)C[C@@](O)(C(=O)CO)C[C@@H]3OC1C[C@H](N)[C@@H](O)[C@H](C)O1. The van der Waals surface area contributed by atoms with E-state index < -0.39 is 66.6 Å². The normalized spacial score (nSPS) is 30.3. The summed E-state index contributed by atoms with van der Waals surface area (Å²) >= 11 is 0. The van der Waals surface area contributed by atoms with Crippen LogP contribution >= 0.6 is 0 Å². The number of Topliss-reactive ketones (excluding diaryl/α,β-unsaturated/α-hetero) is 1. The number of methoxy groups -OCH3 is 1. The molecule has 7 N–H and O–H groups in total. The summed E-state index contributed by atoms with van der Waals surface area (Å²) < 4.78 is 17.3. The van der Waals surface area contributed by atoms with Crippen molar-refractivity contribution < 1.29 is 49.3 Å². The van der Waals surface area contributed by atoms with Gasteiger partial charge in [-0.2, -0.15) is 0 Å². The molecule has 1 heterocycles. The molecule has 0 amide bonds. The number of ether oxygens (including phenoxy) is 3. The zero-order valence-corrected chi connectivity index (χ0v) is 21.0. The van der Waals surface area contributed by atoms with Crippen LogP contribution in [-0.2, 0) is 27.1 Å². The molecule has 5 rings (SSSR count). The Bertz CT molecular complexity index is 1300. The second kappa shape index (κ2) is 9.60. The molecule has 11 nitrogen and oxygen atoms in total. The molecule has 3 aliphatic rings. The van der Waals surface area contributed by atoms with E-state index in [0.29, 0.717) is 16.9 Å². The smallest absolute Gasteiger partial charge is 0.197 e. The molecular formula is C27H31NO10. The molecule has 2 aromatic carbocycles. The van der Waals surface area contributed by atoms with Gasteiger partial charge in [0.2, 0.25) is 0 Å². The van der Waals surface area contributed by atoms with E-state index in [-0.39, 0.29) is 47.3 Å². The lowest BCUT2D eigenvalue weighted by molar-refractivity contribution is -0.247. The molecule has 11 heteroatoms. The number of fused-ring (bicyclic) bond motifs is 3. The number of phenolic OH excluding ortho intramolecular Hbond substituents is 2. The Hall–Kier alpha value is -3.06. The van der Waals surface area contributed by atoms with Gasteiger partial charge < -0.3 is 45.5 Å². The summed E-state index contributed by atoms with van der Waals surface area (Å²) in [5.41, 5.74) is 4.84. The molecule has 0 bridgehead atoms. The Kier molecular flexibility index (Phi) is 6.70. The average molecular weight is 530 g/mol. The highest BCUT2D eigenvalue weighted by atomic mass is 16.7. The van der Waals surface area contributed by atoms with Gasteiger partial charge in [0, 0.05) is 59.5 Å². The standard InChI is InChI=1S/C27H31NO10/c1-11-23(31)16(28)7-20(37-11)38-18-9-27(35,19(30)10-29)8-15-21(18)25(33)14-6-13-12(4-3-5-17(13)36-2)24(32)22(14)26(15)34/h3-5,11,16,18,20,23,29,31,33-35H,6-10,28H2,1-2H3/t11-,16-,18-,20?,23-,27-/m0/s1. The number of aromatic hydroxyl groups is 2. The van der Waals surface area contributed by atoms with Crippen LogP contribution in [0.3, 0.4) is 0 Å². The lowest BCUT2D eigenvalue weighted by Gasteiger charge is -2.42. The van der Waals surface area contributed by atoms with Gasteiger partial charge in [-0.1, -0.05) is 12.1 Å². The number of rotatable bonds is 5. The molecule has 6 atom stereocenters. The van der Waals surface area contributed by atoms with Crippen LogP contribution in [0.1, 0.15) is 64.0 Å². The van der Waals surface area contributed by atoms with Gasteiger partial charge in [-0.05, 0) is 13.0 Å². The maximum absolute atomic E-state index is 13.5. The number of aliphatic hydroxyl groups is 3. The molecule has 204 valence electrons. The zero-order valence-electron chi connectivity index (χ0n) is 21.0. The van der Waals surface area contributed by atoms with Crippen molar-refractivity contribution in [1.29, 1.82) is 0 Å². The summed E-state index contributed by atoms with van der Waals surface area (Å²) in [6.45, 7) is 0.660. The molecule has 1 unspecified atom stereocenters. The number of carbonyl (C=O) groups is 2. The van der Waals surface area contributed by atoms with Gasteiger partial charge in [0.1, 0.15) is 29.5 Å². The number of carbonyl (C=O) groups excluding carboxylic acids is 2. The molecule has 1 saturated heterocycles. The van der Waals surface area contributed by atoms with Crippen LogP contribution in [0, 0.1) is 0 Å². The second-order valence-electron chi connectivity index (χ2n) is 10.2. The van der Waals surface area contributed by atoms with E-state index in [1.54, 1.807) is 25.1 Å². The van der Waals surface area contributed by atoms with Gasteiger partial charge >= 0.3 is 0 Å². The van der Waals surface area contributed by atoms with Crippen LogP contribution in [-0.4, -0.2) is 81.0 Å². The number of hydrogen-bond donors (Lipinski definition) is 6. The van der Waals surface area contributed by atoms with Crippen LogP contribution in [0.4, 0.5) is 0 Å². The number of aliphatic hydroxyl groups excluding tert-OH is 2. The maximum atomic E-state index is 13.5. The number of hydrogen-bond acceptors (Lipinski definition) is 11. The molecule has 0 saturated carbocycles. The number of benzene rings is 2. The van der Waals surface area contributed by atoms with Crippen LogP contribution in [0.2, 0.25) is 0 Å². The van der Waals surface area contributed by atoms with Crippen molar-refractivity contribution in [2.24, 2.45) is 5.73 Å². The lowest BCUT2D eigenvalue weighted by atomic mass is 9.72. The zero-order chi connectivity index (χ0) is 27.5. The van der Waals surface area contributed by atoms with Crippen molar-refractivity contribution in [2.75, 3.05) is 13.7 Å². The summed E-state index contributed by atoms with van der Waals surface area (Å²) in [6.07, 6.45) is -4.38. The van der Waals surface area contributed by atoms with E-state index in [1.807, 2.05) is 0 Å². The van der Waals surface area contributed by atoms with Gasteiger partial charge in [-0.15, -0.1) is 0 Å². The fraction of sp³-hybridized carbons (Fsp3) is 0.481. The van der Waals surface area contributed by atoms with Crippen molar-refractivity contribution in [3.8, 4) is 17.2 Å². The number of nitrogens with two attached hydrogens (primary N) is 1. The minimum Gasteiger partial charge on any atom is -0.507 e. The predicted octanol–water partition coefficient (Wildman–Crippen LogP) is 0.361. The molecule has 0 spiro atoms. The topological polar surface area (TPSA) is 189 Å². The Morgan fingerprint density at radius 2 is 1.95 bits per heavy atom. The van der Waals surface area contributed by atoms with Crippen molar-refractivity contribution in [3.63, 3.8) is 0 Å². The van der Waals surface area contributed by atoms with Crippen LogP contribution in [0.25, 0.3) is 0 Å². The van der Waals surface area contributed by atoms with Gasteiger partial charge in [-0.25, -0.2) is 0 Å². The van der Waals surface area contributed by atoms with Gasteiger partial charge in [-0.3, -0.25) is 9.59 Å². The monoisotopic (exact) mass is 529 g/mol. The third kappa shape index (κ3) is 4.06. The minimum absolute atomic E-state index is 0.0327. The summed E-state index contributed by atoms with van der Waals surface area (Å²) in [5, 5.41) is 53.8. The molecule has 0 aromatic heterocycles. The van der Waals surface area contributed by atoms with E-state index in [9.17, 15) is 35.1 Å². The molecular weight excluding hydrogens is 498 g/mol. The highest BCUT2D eigenvalue weighted by Gasteiger charge is 2.49. The summed E-state index contributed by atoms with van der Waals surface area (Å²) in [6, 6.07) is 4.26. The number of phenols is 2. The Labute approximate surface area is 218 Å². The third-order valence-corrected chi connectivity index (χ3v) is 7.91. The summed E-state index contributed by atoms with van der Waals surface area (Å²) in [4.78, 5) is 26.1. The Balaban J connectivity index is 1.64. The number of ketones is 2. The van der Waals surface area contributed by atoms with Gasteiger partial charge in [0.15, 0.2) is 17.9 Å². The van der Waals surface area contributed by atoms with Crippen LogP contribution in [0.15, 0.2) is 18.2 Å². The maximum Gasteiger partial charge on any atom is 0.197 e. The van der Waals surface area contributed by atoms with Gasteiger partial charge in [0.05, 0.1) is 31.0 Å². The average Bonchev–Trinajstić information content (AvgIpc) is 2.89. The largest absolute Gasteiger partial charge is 0.507 e. The Morgan fingerprint density at radius 1 is 1.21 bits per heavy atom. The molecule has 2 aromatic rings. The third-order valence-electron chi connectivity index (χ3n) is 7.91. The predicted molar refractivity (Wildman–Crippen MR) is 131 cm³/mol. The first-order valence-corrected chi connectivity index (χ1v) is 12.4. The van der Waals surface area contributed by atoms with E-state index in [1.165, 1.54) is 7.11 Å². The van der Waals surface area contributed by atoms with Crippen molar-refractivity contribution in [2.45, 2.75) is 68.9 Å². The first-order valence-electron chi connectivity index (χ1n) is 12.4. The van der Waals surface area contributed by atoms with Crippen molar-refractivity contribution in [1.82, 2.24) is 0 Å². The summed E-state index contributed by atoms with van der Waals surface area (Å²) in [7, 11) is 1.47.